The Morgan fingerprint density at radius 2 is 1.93 bits per heavy atom. The molecule has 0 N–H and O–H groups in total. The van der Waals surface area contributed by atoms with Gasteiger partial charge in [0.1, 0.15) is 5.82 Å². The number of halogens is 2. The maximum Gasteiger partial charge on any atom is 0.220 e. The molecule has 15 heavy (non-hydrogen) atoms. The third-order valence-electron chi connectivity index (χ3n) is 2.11. The number of rotatable bonds is 1. The molecule has 1 heterocycles. The molecule has 0 saturated heterocycles. The summed E-state index contributed by atoms with van der Waals surface area (Å²) >= 11 is 0. The van der Waals surface area contributed by atoms with Gasteiger partial charge < -0.3 is 0 Å². The van der Waals surface area contributed by atoms with Crippen molar-refractivity contribution in [1.29, 1.82) is 0 Å². The first kappa shape index (κ1) is 9.77. The van der Waals surface area contributed by atoms with E-state index in [1.807, 2.05) is 6.92 Å². The van der Waals surface area contributed by atoms with Crippen molar-refractivity contribution in [2.75, 3.05) is 0 Å². The number of pyridine rings is 1. The molecule has 0 amide bonds. The first-order valence-corrected chi connectivity index (χ1v) is 4.55. The SMILES string of the molecule is Cc1cnc(F)c(-c2cccc(F)c2)c1. The first-order chi connectivity index (χ1) is 7.16. The number of aromatic nitrogens is 1. The van der Waals surface area contributed by atoms with Crippen LogP contribution >= 0.6 is 0 Å². The minimum absolute atomic E-state index is 0.328. The molecule has 0 aliphatic carbocycles. The molecule has 0 aliphatic rings. The maximum atomic E-state index is 13.4. The Morgan fingerprint density at radius 3 is 2.67 bits per heavy atom. The van der Waals surface area contributed by atoms with Crippen LogP contribution in [0.4, 0.5) is 8.78 Å². The van der Waals surface area contributed by atoms with E-state index in [1.54, 1.807) is 18.2 Å². The molecule has 0 saturated carbocycles. The lowest BCUT2D eigenvalue weighted by Gasteiger charge is -2.03. The van der Waals surface area contributed by atoms with E-state index in [1.165, 1.54) is 18.3 Å². The van der Waals surface area contributed by atoms with Crippen molar-refractivity contribution in [2.24, 2.45) is 0 Å². The Hall–Kier alpha value is -1.77. The van der Waals surface area contributed by atoms with Gasteiger partial charge in [0.2, 0.25) is 5.95 Å². The van der Waals surface area contributed by atoms with Crippen molar-refractivity contribution in [3.8, 4) is 11.1 Å². The zero-order chi connectivity index (χ0) is 10.8. The van der Waals surface area contributed by atoms with Gasteiger partial charge in [-0.05, 0) is 36.2 Å². The van der Waals surface area contributed by atoms with E-state index in [2.05, 4.69) is 4.98 Å². The summed E-state index contributed by atoms with van der Waals surface area (Å²) in [5, 5.41) is 0. The van der Waals surface area contributed by atoms with Crippen LogP contribution in [0.15, 0.2) is 36.5 Å². The highest BCUT2D eigenvalue weighted by molar-refractivity contribution is 5.63. The van der Waals surface area contributed by atoms with Crippen LogP contribution in [0.1, 0.15) is 5.56 Å². The molecule has 1 aromatic heterocycles. The lowest BCUT2D eigenvalue weighted by molar-refractivity contribution is 0.586. The van der Waals surface area contributed by atoms with Crippen LogP contribution in [-0.2, 0) is 0 Å². The quantitative estimate of drug-likeness (QED) is 0.650. The van der Waals surface area contributed by atoms with Crippen molar-refractivity contribution in [3.63, 3.8) is 0 Å². The Morgan fingerprint density at radius 1 is 1.13 bits per heavy atom. The number of hydrogen-bond acceptors (Lipinski definition) is 1. The fourth-order valence-electron chi connectivity index (χ4n) is 1.41. The van der Waals surface area contributed by atoms with Gasteiger partial charge in [0.25, 0.3) is 0 Å². The molecule has 2 rings (SSSR count). The van der Waals surface area contributed by atoms with Crippen LogP contribution in [0.3, 0.4) is 0 Å². The van der Waals surface area contributed by atoms with Gasteiger partial charge in [-0.25, -0.2) is 9.37 Å². The van der Waals surface area contributed by atoms with Crippen LogP contribution in [0.25, 0.3) is 11.1 Å². The van der Waals surface area contributed by atoms with Crippen LogP contribution < -0.4 is 0 Å². The fraction of sp³-hybridized carbons (Fsp3) is 0.0833. The summed E-state index contributed by atoms with van der Waals surface area (Å²) in [5.41, 5.74) is 1.67. The first-order valence-electron chi connectivity index (χ1n) is 4.55. The van der Waals surface area contributed by atoms with Gasteiger partial charge >= 0.3 is 0 Å². The predicted molar refractivity (Wildman–Crippen MR) is 54.3 cm³/mol. The van der Waals surface area contributed by atoms with E-state index in [9.17, 15) is 8.78 Å². The molecule has 76 valence electrons. The van der Waals surface area contributed by atoms with Crippen molar-refractivity contribution in [2.45, 2.75) is 6.92 Å². The summed E-state index contributed by atoms with van der Waals surface area (Å²) in [4.78, 5) is 3.60. The van der Waals surface area contributed by atoms with E-state index in [-0.39, 0.29) is 5.82 Å². The number of nitrogens with zero attached hydrogens (tertiary/aromatic N) is 1. The molecule has 0 atom stereocenters. The third-order valence-corrected chi connectivity index (χ3v) is 2.11. The molecular weight excluding hydrogens is 196 g/mol. The molecule has 2 aromatic rings. The zero-order valence-electron chi connectivity index (χ0n) is 8.17. The molecule has 1 nitrogen and oxygen atoms in total. The van der Waals surface area contributed by atoms with E-state index < -0.39 is 5.95 Å². The average molecular weight is 205 g/mol. The normalized spacial score (nSPS) is 10.3. The van der Waals surface area contributed by atoms with Gasteiger partial charge in [0, 0.05) is 11.8 Å². The van der Waals surface area contributed by atoms with Crippen molar-refractivity contribution in [1.82, 2.24) is 4.98 Å². The fourth-order valence-corrected chi connectivity index (χ4v) is 1.41. The Kier molecular flexibility index (Phi) is 2.46. The third kappa shape index (κ3) is 2.01. The number of hydrogen-bond donors (Lipinski definition) is 0. The molecule has 3 heteroatoms. The maximum absolute atomic E-state index is 13.4. The Labute approximate surface area is 86.4 Å². The van der Waals surface area contributed by atoms with E-state index in [4.69, 9.17) is 0 Å². The second-order valence-electron chi connectivity index (χ2n) is 3.36. The van der Waals surface area contributed by atoms with Crippen LogP contribution in [0, 0.1) is 18.7 Å². The standard InChI is InChI=1S/C12H9F2N/c1-8-5-11(12(14)15-7-8)9-3-2-4-10(13)6-9/h2-7H,1H3. The van der Waals surface area contributed by atoms with Gasteiger partial charge in [-0.1, -0.05) is 12.1 Å². The molecular formula is C12H9F2N. The van der Waals surface area contributed by atoms with E-state index in [0.29, 0.717) is 11.1 Å². The van der Waals surface area contributed by atoms with E-state index >= 15 is 0 Å². The van der Waals surface area contributed by atoms with Crippen LogP contribution in [-0.4, -0.2) is 4.98 Å². The predicted octanol–water partition coefficient (Wildman–Crippen LogP) is 3.34. The largest absolute Gasteiger partial charge is 0.228 e. The topological polar surface area (TPSA) is 12.9 Å². The molecule has 0 fully saturated rings. The number of aryl methyl sites for hydroxylation is 1. The summed E-state index contributed by atoms with van der Waals surface area (Å²) in [5.74, 6) is -0.959. The summed E-state index contributed by atoms with van der Waals surface area (Å²) in [7, 11) is 0. The molecule has 0 aliphatic heterocycles. The van der Waals surface area contributed by atoms with Crippen LogP contribution in [0.2, 0.25) is 0 Å². The smallest absolute Gasteiger partial charge is 0.220 e. The molecule has 0 spiro atoms. The Balaban J connectivity index is 2.58. The van der Waals surface area contributed by atoms with E-state index in [0.717, 1.165) is 5.56 Å². The highest BCUT2D eigenvalue weighted by Crippen LogP contribution is 2.22. The summed E-state index contributed by atoms with van der Waals surface area (Å²) in [6.07, 6.45) is 1.44. The van der Waals surface area contributed by atoms with Gasteiger partial charge in [0.15, 0.2) is 0 Å². The lowest BCUT2D eigenvalue weighted by Crippen LogP contribution is -1.90. The molecule has 0 bridgehead atoms. The highest BCUT2D eigenvalue weighted by Gasteiger charge is 2.06. The molecule has 1 aromatic carbocycles. The highest BCUT2D eigenvalue weighted by atomic mass is 19.1. The van der Waals surface area contributed by atoms with Crippen molar-refractivity contribution >= 4 is 0 Å². The lowest BCUT2D eigenvalue weighted by atomic mass is 10.1. The number of benzene rings is 1. The minimum Gasteiger partial charge on any atom is -0.228 e. The second-order valence-corrected chi connectivity index (χ2v) is 3.36. The average Bonchev–Trinajstić information content (AvgIpc) is 2.22. The van der Waals surface area contributed by atoms with Gasteiger partial charge in [-0.3, -0.25) is 0 Å². The van der Waals surface area contributed by atoms with Crippen molar-refractivity contribution in [3.05, 3.63) is 53.9 Å². The van der Waals surface area contributed by atoms with Gasteiger partial charge in [-0.2, -0.15) is 4.39 Å². The summed E-state index contributed by atoms with van der Waals surface area (Å²) in [6.45, 7) is 1.81. The summed E-state index contributed by atoms with van der Waals surface area (Å²) in [6, 6.07) is 7.47. The minimum atomic E-state index is -0.578. The molecule has 0 radical (unpaired) electrons. The van der Waals surface area contributed by atoms with Gasteiger partial charge in [-0.15, -0.1) is 0 Å². The second kappa shape index (κ2) is 3.77. The Bertz CT molecular complexity index is 495. The zero-order valence-corrected chi connectivity index (χ0v) is 8.17. The monoisotopic (exact) mass is 205 g/mol. The van der Waals surface area contributed by atoms with Gasteiger partial charge in [0.05, 0.1) is 0 Å². The summed E-state index contributed by atoms with van der Waals surface area (Å²) < 4.78 is 26.3. The van der Waals surface area contributed by atoms with Crippen LogP contribution in [0.5, 0.6) is 0 Å². The molecule has 0 unspecified atom stereocenters. The van der Waals surface area contributed by atoms with Crippen molar-refractivity contribution < 1.29 is 8.78 Å².